The van der Waals surface area contributed by atoms with Crippen LogP contribution in [0, 0.1) is 25.5 Å². The van der Waals surface area contributed by atoms with E-state index in [2.05, 4.69) is 5.32 Å². The third-order valence-corrected chi connectivity index (χ3v) is 4.03. The Balaban J connectivity index is 2.59. The van der Waals surface area contributed by atoms with Crippen molar-refractivity contribution < 1.29 is 8.78 Å². The van der Waals surface area contributed by atoms with Gasteiger partial charge in [0.05, 0.1) is 6.04 Å². The molecule has 0 aliphatic heterocycles. The molecule has 0 fully saturated rings. The molecule has 2 aromatic rings. The Hall–Kier alpha value is -1.45. The van der Waals surface area contributed by atoms with Crippen LogP contribution in [-0.4, -0.2) is 6.54 Å². The van der Waals surface area contributed by atoms with Crippen LogP contribution in [0.25, 0.3) is 0 Å². The van der Waals surface area contributed by atoms with Crippen LogP contribution >= 0.6 is 11.6 Å². The summed E-state index contributed by atoms with van der Waals surface area (Å²) in [5.41, 5.74) is 2.32. The minimum Gasteiger partial charge on any atom is -0.306 e. The van der Waals surface area contributed by atoms with Gasteiger partial charge in [0.1, 0.15) is 11.6 Å². The lowest BCUT2D eigenvalue weighted by molar-refractivity contribution is 0.540. The molecule has 0 saturated heterocycles. The van der Waals surface area contributed by atoms with Crippen molar-refractivity contribution in [3.63, 3.8) is 0 Å². The Kier molecular flexibility index (Phi) is 4.96. The highest BCUT2D eigenvalue weighted by molar-refractivity contribution is 6.31. The van der Waals surface area contributed by atoms with Gasteiger partial charge in [-0.2, -0.15) is 0 Å². The standard InChI is InChI=1S/C17H18ClF2N/c1-4-21-17(12-6-5-7-14(18)11(12)3)13-9-15(19)10(2)8-16(13)20/h5-9,17,21H,4H2,1-3H3. The first-order valence-corrected chi connectivity index (χ1v) is 7.27. The largest absolute Gasteiger partial charge is 0.306 e. The van der Waals surface area contributed by atoms with Gasteiger partial charge in [0, 0.05) is 10.6 Å². The zero-order valence-corrected chi connectivity index (χ0v) is 13.1. The molecule has 0 heterocycles. The predicted octanol–water partition coefficient (Wildman–Crippen LogP) is 4.93. The van der Waals surface area contributed by atoms with Gasteiger partial charge in [-0.25, -0.2) is 8.78 Å². The lowest BCUT2D eigenvalue weighted by atomic mass is 9.93. The first-order chi connectivity index (χ1) is 9.95. The second-order valence-corrected chi connectivity index (χ2v) is 5.47. The van der Waals surface area contributed by atoms with E-state index in [1.54, 1.807) is 13.0 Å². The summed E-state index contributed by atoms with van der Waals surface area (Å²) in [5.74, 6) is -0.826. The van der Waals surface area contributed by atoms with Crippen LogP contribution in [0.1, 0.15) is 35.2 Å². The topological polar surface area (TPSA) is 12.0 Å². The highest BCUT2D eigenvalue weighted by Gasteiger charge is 2.21. The Bertz CT molecular complexity index is 655. The van der Waals surface area contributed by atoms with Crippen LogP contribution in [0.3, 0.4) is 0 Å². The normalized spacial score (nSPS) is 12.5. The van der Waals surface area contributed by atoms with Gasteiger partial charge in [0.15, 0.2) is 0 Å². The predicted molar refractivity (Wildman–Crippen MR) is 82.8 cm³/mol. The molecule has 0 aliphatic carbocycles. The summed E-state index contributed by atoms with van der Waals surface area (Å²) in [6, 6.07) is 7.55. The lowest BCUT2D eigenvalue weighted by Gasteiger charge is -2.22. The molecule has 0 radical (unpaired) electrons. The Labute approximate surface area is 128 Å². The Morgan fingerprint density at radius 3 is 2.48 bits per heavy atom. The summed E-state index contributed by atoms with van der Waals surface area (Å²) >= 11 is 6.15. The summed E-state index contributed by atoms with van der Waals surface area (Å²) < 4.78 is 28.1. The molecule has 4 heteroatoms. The second-order valence-electron chi connectivity index (χ2n) is 5.07. The van der Waals surface area contributed by atoms with Gasteiger partial charge in [-0.05, 0) is 55.3 Å². The van der Waals surface area contributed by atoms with E-state index in [0.29, 0.717) is 22.7 Å². The van der Waals surface area contributed by atoms with E-state index < -0.39 is 17.7 Å². The number of aryl methyl sites for hydroxylation is 1. The van der Waals surface area contributed by atoms with E-state index in [-0.39, 0.29) is 0 Å². The SMILES string of the molecule is CCNC(c1cc(F)c(C)cc1F)c1cccc(Cl)c1C. The maximum atomic E-state index is 14.3. The van der Waals surface area contributed by atoms with Crippen LogP contribution in [0.4, 0.5) is 8.78 Å². The summed E-state index contributed by atoms with van der Waals surface area (Å²) in [5, 5.41) is 3.82. The Morgan fingerprint density at radius 1 is 1.10 bits per heavy atom. The molecule has 21 heavy (non-hydrogen) atoms. The molecule has 0 saturated carbocycles. The number of hydrogen-bond donors (Lipinski definition) is 1. The van der Waals surface area contributed by atoms with Crippen molar-refractivity contribution in [3.8, 4) is 0 Å². The van der Waals surface area contributed by atoms with Crippen molar-refractivity contribution in [1.82, 2.24) is 5.32 Å². The first-order valence-electron chi connectivity index (χ1n) is 6.89. The van der Waals surface area contributed by atoms with Gasteiger partial charge in [0.2, 0.25) is 0 Å². The maximum absolute atomic E-state index is 14.3. The number of hydrogen-bond acceptors (Lipinski definition) is 1. The van der Waals surface area contributed by atoms with E-state index in [0.717, 1.165) is 11.1 Å². The van der Waals surface area contributed by atoms with E-state index in [4.69, 9.17) is 11.6 Å². The molecule has 0 spiro atoms. The third kappa shape index (κ3) is 3.25. The molecule has 2 aromatic carbocycles. The van der Waals surface area contributed by atoms with Gasteiger partial charge in [-0.3, -0.25) is 0 Å². The van der Waals surface area contributed by atoms with Crippen LogP contribution in [0.2, 0.25) is 5.02 Å². The molecule has 0 bridgehead atoms. The second kappa shape index (κ2) is 6.54. The third-order valence-electron chi connectivity index (χ3n) is 3.62. The van der Waals surface area contributed by atoms with Gasteiger partial charge < -0.3 is 5.32 Å². The van der Waals surface area contributed by atoms with Crippen molar-refractivity contribution in [3.05, 3.63) is 69.2 Å². The van der Waals surface area contributed by atoms with Gasteiger partial charge >= 0.3 is 0 Å². The molecule has 1 N–H and O–H groups in total. The molecule has 1 atom stereocenters. The van der Waals surface area contributed by atoms with Crippen molar-refractivity contribution in [2.45, 2.75) is 26.8 Å². The van der Waals surface area contributed by atoms with Crippen LogP contribution in [0.5, 0.6) is 0 Å². The molecule has 112 valence electrons. The summed E-state index contributed by atoms with van der Waals surface area (Å²) in [6.07, 6.45) is 0. The molecular formula is C17H18ClF2N. The smallest absolute Gasteiger partial charge is 0.128 e. The molecule has 2 rings (SSSR count). The average molecular weight is 310 g/mol. The number of halogens is 3. The summed E-state index contributed by atoms with van der Waals surface area (Å²) in [6.45, 7) is 5.99. The fourth-order valence-corrected chi connectivity index (χ4v) is 2.59. The average Bonchev–Trinajstić information content (AvgIpc) is 2.44. The Morgan fingerprint density at radius 2 is 1.81 bits per heavy atom. The van der Waals surface area contributed by atoms with Crippen molar-refractivity contribution in [1.29, 1.82) is 0 Å². The minimum absolute atomic E-state index is 0.297. The van der Waals surface area contributed by atoms with E-state index in [1.165, 1.54) is 12.1 Å². The number of rotatable bonds is 4. The van der Waals surface area contributed by atoms with Crippen molar-refractivity contribution in [2.24, 2.45) is 0 Å². The molecular weight excluding hydrogens is 292 g/mol. The molecule has 1 nitrogen and oxygen atoms in total. The fraction of sp³-hybridized carbons (Fsp3) is 0.294. The zero-order chi connectivity index (χ0) is 15.6. The van der Waals surface area contributed by atoms with Gasteiger partial charge in [0.25, 0.3) is 0 Å². The highest BCUT2D eigenvalue weighted by Crippen LogP contribution is 2.31. The monoisotopic (exact) mass is 309 g/mol. The summed E-state index contributed by atoms with van der Waals surface area (Å²) in [7, 11) is 0. The van der Waals surface area contributed by atoms with Crippen LogP contribution in [-0.2, 0) is 0 Å². The van der Waals surface area contributed by atoms with E-state index in [9.17, 15) is 8.78 Å². The van der Waals surface area contributed by atoms with E-state index in [1.807, 2.05) is 26.0 Å². The molecule has 1 unspecified atom stereocenters. The van der Waals surface area contributed by atoms with Crippen molar-refractivity contribution >= 4 is 11.6 Å². The van der Waals surface area contributed by atoms with E-state index >= 15 is 0 Å². The quantitative estimate of drug-likeness (QED) is 0.844. The molecule has 0 aromatic heterocycles. The van der Waals surface area contributed by atoms with Crippen LogP contribution < -0.4 is 5.32 Å². The highest BCUT2D eigenvalue weighted by atomic mass is 35.5. The van der Waals surface area contributed by atoms with Gasteiger partial charge in [-0.15, -0.1) is 0 Å². The molecule has 0 aliphatic rings. The number of benzene rings is 2. The minimum atomic E-state index is -0.427. The maximum Gasteiger partial charge on any atom is 0.128 e. The number of nitrogens with one attached hydrogen (secondary N) is 1. The fourth-order valence-electron chi connectivity index (χ4n) is 2.41. The van der Waals surface area contributed by atoms with Gasteiger partial charge in [-0.1, -0.05) is 30.7 Å². The summed E-state index contributed by atoms with van der Waals surface area (Å²) in [4.78, 5) is 0. The lowest BCUT2D eigenvalue weighted by Crippen LogP contribution is -2.24. The van der Waals surface area contributed by atoms with Crippen LogP contribution in [0.15, 0.2) is 30.3 Å². The van der Waals surface area contributed by atoms with Crippen molar-refractivity contribution in [2.75, 3.05) is 6.54 Å². The first kappa shape index (κ1) is 15.9. The molecule has 0 amide bonds. The zero-order valence-electron chi connectivity index (χ0n) is 12.3.